The molecule has 0 bridgehead atoms. The third-order valence-electron chi connectivity index (χ3n) is 4.06. The highest BCUT2D eigenvalue weighted by Crippen LogP contribution is 2.30. The van der Waals surface area contributed by atoms with Gasteiger partial charge in [-0.05, 0) is 36.4 Å². The van der Waals surface area contributed by atoms with Crippen LogP contribution in [0.5, 0.6) is 0 Å². The number of nitrogens with two attached hydrogens (primary N) is 1. The number of imidazole rings is 1. The second-order valence-corrected chi connectivity index (χ2v) is 6.00. The molecule has 0 radical (unpaired) electrons. The van der Waals surface area contributed by atoms with Crippen LogP contribution in [0.3, 0.4) is 0 Å². The first-order valence-electron chi connectivity index (χ1n) is 8.33. The number of anilines is 3. The van der Waals surface area contributed by atoms with Gasteiger partial charge in [0, 0.05) is 5.69 Å². The van der Waals surface area contributed by atoms with Crippen molar-refractivity contribution in [2.45, 2.75) is 12.9 Å². The Labute approximate surface area is 161 Å². The first-order valence-corrected chi connectivity index (χ1v) is 8.33. The predicted octanol–water partition coefficient (Wildman–Crippen LogP) is 4.02. The topological polar surface area (TPSA) is 94.5 Å². The number of nitrogens with zero attached hydrogens (tertiary/aromatic N) is 5. The van der Waals surface area contributed by atoms with Crippen molar-refractivity contribution in [3.05, 3.63) is 59.9 Å². The molecule has 0 saturated heterocycles. The lowest BCUT2D eigenvalue weighted by Crippen LogP contribution is -2.11. The summed E-state index contributed by atoms with van der Waals surface area (Å²) in [5.41, 5.74) is 6.42. The summed E-state index contributed by atoms with van der Waals surface area (Å²) in [7, 11) is 0. The molecule has 148 valence electrons. The summed E-state index contributed by atoms with van der Waals surface area (Å²) < 4.78 is 53.0. The summed E-state index contributed by atoms with van der Waals surface area (Å²) in [4.78, 5) is 16.4. The van der Waals surface area contributed by atoms with Crippen LogP contribution in [0.2, 0.25) is 0 Å². The molecule has 0 atom stereocenters. The molecule has 11 heteroatoms. The fourth-order valence-corrected chi connectivity index (χ4v) is 2.80. The summed E-state index contributed by atoms with van der Waals surface area (Å²) in [5, 5.41) is 2.77. The number of nitrogens with one attached hydrogen (secondary N) is 1. The summed E-state index contributed by atoms with van der Waals surface area (Å²) in [6, 6.07) is 11.3. The van der Waals surface area contributed by atoms with Crippen LogP contribution in [0.4, 0.5) is 35.1 Å². The van der Waals surface area contributed by atoms with Crippen LogP contribution in [0.1, 0.15) is 11.4 Å². The molecule has 2 aromatic carbocycles. The molecule has 0 amide bonds. The van der Waals surface area contributed by atoms with Crippen LogP contribution >= 0.6 is 0 Å². The molecule has 0 spiro atoms. The van der Waals surface area contributed by atoms with Gasteiger partial charge in [0.05, 0.1) is 16.6 Å². The van der Waals surface area contributed by atoms with Crippen molar-refractivity contribution in [3.8, 4) is 5.95 Å². The Kier molecular flexibility index (Phi) is 4.49. The van der Waals surface area contributed by atoms with Crippen molar-refractivity contribution in [1.29, 1.82) is 0 Å². The maximum atomic E-state index is 13.5. The third kappa shape index (κ3) is 3.66. The normalized spacial score (nSPS) is 11.7. The van der Waals surface area contributed by atoms with Gasteiger partial charge in [0.15, 0.2) is 0 Å². The Morgan fingerprint density at radius 2 is 1.66 bits per heavy atom. The van der Waals surface area contributed by atoms with E-state index < -0.39 is 18.4 Å². The summed E-state index contributed by atoms with van der Waals surface area (Å²) >= 11 is 0. The summed E-state index contributed by atoms with van der Waals surface area (Å²) in [6.45, 7) is -0.859. The molecule has 0 aliphatic rings. The van der Waals surface area contributed by atoms with Crippen molar-refractivity contribution in [2.75, 3.05) is 11.1 Å². The van der Waals surface area contributed by atoms with Crippen LogP contribution in [-0.4, -0.2) is 24.5 Å². The lowest BCUT2D eigenvalue weighted by atomic mass is 10.2. The van der Waals surface area contributed by atoms with Gasteiger partial charge >= 0.3 is 6.18 Å². The maximum Gasteiger partial charge on any atom is 0.416 e. The number of nitrogen functional groups attached to an aromatic ring is 1. The van der Waals surface area contributed by atoms with Gasteiger partial charge in [-0.15, -0.1) is 0 Å². The second-order valence-electron chi connectivity index (χ2n) is 6.00. The van der Waals surface area contributed by atoms with E-state index in [1.54, 1.807) is 24.3 Å². The molecule has 0 unspecified atom stereocenters. The highest BCUT2D eigenvalue weighted by Gasteiger charge is 2.30. The number of rotatable bonds is 4. The molecule has 0 aliphatic heterocycles. The molecule has 0 aliphatic carbocycles. The van der Waals surface area contributed by atoms with E-state index in [1.807, 2.05) is 0 Å². The fraction of sp³-hybridized carbons (Fsp3) is 0.111. The zero-order valence-corrected chi connectivity index (χ0v) is 14.7. The number of halogens is 4. The zero-order valence-electron chi connectivity index (χ0n) is 14.7. The Bertz CT molecular complexity index is 1170. The van der Waals surface area contributed by atoms with Gasteiger partial charge < -0.3 is 11.1 Å². The summed E-state index contributed by atoms with van der Waals surface area (Å²) in [6.07, 6.45) is -4.44. The number of alkyl halides is 4. The Hall–Kier alpha value is -3.76. The van der Waals surface area contributed by atoms with Gasteiger partial charge in [-0.25, -0.2) is 9.37 Å². The molecule has 4 rings (SSSR count). The molecule has 0 fully saturated rings. The van der Waals surface area contributed by atoms with Crippen molar-refractivity contribution in [3.63, 3.8) is 0 Å². The maximum absolute atomic E-state index is 13.5. The molecule has 4 aromatic rings. The van der Waals surface area contributed by atoms with E-state index in [4.69, 9.17) is 5.73 Å². The minimum absolute atomic E-state index is 0.00477. The molecular formula is C18H13F4N7. The van der Waals surface area contributed by atoms with Crippen molar-refractivity contribution in [2.24, 2.45) is 0 Å². The number of para-hydroxylation sites is 2. The van der Waals surface area contributed by atoms with Crippen LogP contribution in [0.15, 0.2) is 48.5 Å². The van der Waals surface area contributed by atoms with Gasteiger partial charge in [-0.1, -0.05) is 12.1 Å². The summed E-state index contributed by atoms with van der Waals surface area (Å²) in [5.74, 6) is -0.0348. The quantitative estimate of drug-likeness (QED) is 0.500. The largest absolute Gasteiger partial charge is 0.416 e. The molecule has 29 heavy (non-hydrogen) atoms. The van der Waals surface area contributed by atoms with E-state index in [-0.39, 0.29) is 23.7 Å². The SMILES string of the molecule is Nc1nc(Nc2ccc(C(F)(F)F)cc2)nc(-n2c(CF)nc3ccccc32)n1. The van der Waals surface area contributed by atoms with Gasteiger partial charge in [0.2, 0.25) is 17.8 Å². The van der Waals surface area contributed by atoms with Crippen molar-refractivity contribution >= 4 is 28.6 Å². The Balaban J connectivity index is 1.72. The van der Waals surface area contributed by atoms with Gasteiger partial charge in [0.25, 0.3) is 0 Å². The van der Waals surface area contributed by atoms with Crippen LogP contribution in [0.25, 0.3) is 17.0 Å². The van der Waals surface area contributed by atoms with Crippen LogP contribution in [0, 0.1) is 0 Å². The van der Waals surface area contributed by atoms with E-state index in [9.17, 15) is 17.6 Å². The first kappa shape index (κ1) is 18.6. The predicted molar refractivity (Wildman–Crippen MR) is 98.4 cm³/mol. The molecule has 0 saturated carbocycles. The van der Waals surface area contributed by atoms with Crippen LogP contribution < -0.4 is 11.1 Å². The Morgan fingerprint density at radius 3 is 2.34 bits per heavy atom. The van der Waals surface area contributed by atoms with E-state index >= 15 is 0 Å². The fourth-order valence-electron chi connectivity index (χ4n) is 2.80. The number of aromatic nitrogens is 5. The Morgan fingerprint density at radius 1 is 0.931 bits per heavy atom. The van der Waals surface area contributed by atoms with Gasteiger partial charge in [-0.2, -0.15) is 28.1 Å². The zero-order chi connectivity index (χ0) is 20.6. The minimum atomic E-state index is -4.44. The van der Waals surface area contributed by atoms with E-state index in [1.165, 1.54) is 16.7 Å². The number of fused-ring (bicyclic) bond motifs is 1. The van der Waals surface area contributed by atoms with Crippen LogP contribution in [-0.2, 0) is 12.9 Å². The average Bonchev–Trinajstić information content (AvgIpc) is 3.06. The first-order chi connectivity index (χ1) is 13.8. The number of hydrogen-bond acceptors (Lipinski definition) is 6. The second kappa shape index (κ2) is 7.00. The molecule has 2 aromatic heterocycles. The minimum Gasteiger partial charge on any atom is -0.368 e. The van der Waals surface area contributed by atoms with E-state index in [0.29, 0.717) is 16.7 Å². The lowest BCUT2D eigenvalue weighted by Gasteiger charge is -2.11. The highest BCUT2D eigenvalue weighted by molar-refractivity contribution is 5.77. The standard InChI is InChI=1S/C18H13F4N7/c19-9-14-25-12-3-1-2-4-13(12)29(14)17-27-15(23)26-16(28-17)24-11-7-5-10(6-8-11)18(20,21)22/h1-8H,9H2,(H3,23,24,26,27,28). The molecule has 3 N–H and O–H groups in total. The van der Waals surface area contributed by atoms with E-state index in [0.717, 1.165) is 12.1 Å². The van der Waals surface area contributed by atoms with Crippen molar-refractivity contribution < 1.29 is 17.6 Å². The molecular weight excluding hydrogens is 390 g/mol. The third-order valence-corrected chi connectivity index (χ3v) is 4.06. The van der Waals surface area contributed by atoms with Gasteiger partial charge in [-0.3, -0.25) is 4.57 Å². The smallest absolute Gasteiger partial charge is 0.368 e. The average molecular weight is 403 g/mol. The highest BCUT2D eigenvalue weighted by atomic mass is 19.4. The van der Waals surface area contributed by atoms with E-state index in [2.05, 4.69) is 25.3 Å². The van der Waals surface area contributed by atoms with Crippen molar-refractivity contribution in [1.82, 2.24) is 24.5 Å². The van der Waals surface area contributed by atoms with Gasteiger partial charge in [0.1, 0.15) is 12.5 Å². The molecule has 2 heterocycles. The number of benzene rings is 2. The monoisotopic (exact) mass is 403 g/mol. The molecule has 7 nitrogen and oxygen atoms in total. The number of hydrogen-bond donors (Lipinski definition) is 2. The lowest BCUT2D eigenvalue weighted by molar-refractivity contribution is -0.137.